The maximum Gasteiger partial charge on any atom is 0.191 e. The number of hydrogen-bond acceptors (Lipinski definition) is 4. The molecule has 5 nitrogen and oxygen atoms in total. The van der Waals surface area contributed by atoms with E-state index in [0.717, 1.165) is 34.0 Å². The molecule has 0 aliphatic carbocycles. The van der Waals surface area contributed by atoms with Crippen LogP contribution in [-0.2, 0) is 17.7 Å². The first kappa shape index (κ1) is 20.7. The van der Waals surface area contributed by atoms with Gasteiger partial charge in [0, 0.05) is 37.7 Å². The van der Waals surface area contributed by atoms with Crippen LogP contribution in [0, 0.1) is 6.92 Å². The van der Waals surface area contributed by atoms with Crippen molar-refractivity contribution in [2.45, 2.75) is 19.9 Å². The van der Waals surface area contributed by atoms with Gasteiger partial charge in [-0.2, -0.15) is 0 Å². The molecule has 0 amide bonds. The van der Waals surface area contributed by atoms with Gasteiger partial charge in [0.25, 0.3) is 0 Å². The van der Waals surface area contributed by atoms with E-state index in [2.05, 4.69) is 68.8 Å². The quantitative estimate of drug-likeness (QED) is 0.354. The van der Waals surface area contributed by atoms with Gasteiger partial charge < -0.3 is 20.1 Å². The third kappa shape index (κ3) is 6.97. The molecule has 0 aliphatic heterocycles. The number of rotatable bonds is 9. The Labute approximate surface area is 168 Å². The fraction of sp³-hybridized carbons (Fsp3) is 0.421. The van der Waals surface area contributed by atoms with Crippen LogP contribution < -0.4 is 15.4 Å². The normalized spacial score (nSPS) is 11.5. The average molecular weight is 440 g/mol. The van der Waals surface area contributed by atoms with Gasteiger partial charge in [-0.15, -0.1) is 11.3 Å². The lowest BCUT2D eigenvalue weighted by Gasteiger charge is -2.15. The fourth-order valence-electron chi connectivity index (χ4n) is 2.37. The number of nitrogens with one attached hydrogen (secondary N) is 2. The average Bonchev–Trinajstić information content (AvgIpc) is 3.04. The molecule has 142 valence electrons. The minimum atomic E-state index is 0.538. The maximum absolute atomic E-state index is 5.84. The molecule has 0 saturated heterocycles. The maximum atomic E-state index is 5.84. The highest BCUT2D eigenvalue weighted by molar-refractivity contribution is 9.11. The van der Waals surface area contributed by atoms with Crippen molar-refractivity contribution in [1.82, 2.24) is 10.6 Å². The number of aliphatic imine (C=N–C) groups is 1. The Morgan fingerprint density at radius 2 is 2.04 bits per heavy atom. The van der Waals surface area contributed by atoms with Crippen molar-refractivity contribution in [3.63, 3.8) is 0 Å². The van der Waals surface area contributed by atoms with Crippen molar-refractivity contribution in [3.05, 3.63) is 50.1 Å². The Morgan fingerprint density at radius 3 is 2.73 bits per heavy atom. The molecule has 1 aromatic carbocycles. The summed E-state index contributed by atoms with van der Waals surface area (Å²) in [5, 5.41) is 6.70. The van der Waals surface area contributed by atoms with E-state index in [1.54, 1.807) is 25.5 Å². The SMILES string of the molecule is CN=C(NCCc1ccc(Br)s1)NCc1ccc(C)cc1OCCOC. The molecule has 0 fully saturated rings. The molecule has 0 atom stereocenters. The molecular weight excluding hydrogens is 414 g/mol. The number of guanidine groups is 1. The second-order valence-electron chi connectivity index (χ2n) is 5.76. The number of nitrogens with zero attached hydrogens (tertiary/aromatic N) is 1. The number of benzene rings is 1. The molecule has 0 saturated carbocycles. The molecule has 7 heteroatoms. The number of aryl methyl sites for hydroxylation is 1. The van der Waals surface area contributed by atoms with E-state index in [1.165, 1.54) is 10.4 Å². The minimum Gasteiger partial charge on any atom is -0.491 e. The summed E-state index contributed by atoms with van der Waals surface area (Å²) in [6, 6.07) is 10.4. The largest absolute Gasteiger partial charge is 0.491 e. The first-order valence-corrected chi connectivity index (χ1v) is 10.1. The minimum absolute atomic E-state index is 0.538. The molecule has 1 aromatic heterocycles. The van der Waals surface area contributed by atoms with Crippen molar-refractivity contribution >= 4 is 33.2 Å². The Hall–Kier alpha value is -1.57. The van der Waals surface area contributed by atoms with Crippen molar-refractivity contribution in [1.29, 1.82) is 0 Å². The van der Waals surface area contributed by atoms with Crippen LogP contribution in [0.4, 0.5) is 0 Å². The van der Waals surface area contributed by atoms with Crippen LogP contribution in [0.3, 0.4) is 0 Å². The predicted octanol–water partition coefficient (Wildman–Crippen LogP) is 3.75. The number of hydrogen-bond donors (Lipinski definition) is 2. The molecule has 0 spiro atoms. The highest BCUT2D eigenvalue weighted by Crippen LogP contribution is 2.22. The van der Waals surface area contributed by atoms with Gasteiger partial charge in [-0.3, -0.25) is 4.99 Å². The van der Waals surface area contributed by atoms with Gasteiger partial charge >= 0.3 is 0 Å². The van der Waals surface area contributed by atoms with E-state index in [1.807, 2.05) is 0 Å². The molecule has 26 heavy (non-hydrogen) atoms. The molecule has 1 heterocycles. The van der Waals surface area contributed by atoms with E-state index >= 15 is 0 Å². The Bertz CT molecular complexity index is 719. The molecule has 0 aliphatic rings. The first-order chi connectivity index (χ1) is 12.6. The molecule has 2 N–H and O–H groups in total. The summed E-state index contributed by atoms with van der Waals surface area (Å²) in [5.41, 5.74) is 2.27. The number of halogens is 1. The highest BCUT2D eigenvalue weighted by atomic mass is 79.9. The third-order valence-corrected chi connectivity index (χ3v) is 5.41. The van der Waals surface area contributed by atoms with Crippen LogP contribution >= 0.6 is 27.3 Å². The zero-order chi connectivity index (χ0) is 18.8. The highest BCUT2D eigenvalue weighted by Gasteiger charge is 2.06. The summed E-state index contributed by atoms with van der Waals surface area (Å²) in [6.07, 6.45) is 0.965. The monoisotopic (exact) mass is 439 g/mol. The number of methoxy groups -OCH3 is 1. The van der Waals surface area contributed by atoms with Gasteiger partial charge in [0.05, 0.1) is 10.4 Å². The van der Waals surface area contributed by atoms with Gasteiger partial charge in [0.1, 0.15) is 12.4 Å². The van der Waals surface area contributed by atoms with E-state index in [-0.39, 0.29) is 0 Å². The predicted molar refractivity (Wildman–Crippen MR) is 112 cm³/mol. The Balaban J connectivity index is 1.85. The van der Waals surface area contributed by atoms with E-state index in [4.69, 9.17) is 9.47 Å². The standard InChI is InChI=1S/C19H26BrN3O2S/c1-14-4-5-15(17(12-14)25-11-10-24-3)13-23-19(21-2)22-9-8-16-6-7-18(20)26-16/h4-7,12H,8-11,13H2,1-3H3,(H2,21,22,23). The lowest BCUT2D eigenvalue weighted by atomic mass is 10.1. The van der Waals surface area contributed by atoms with Gasteiger partial charge in [0.15, 0.2) is 5.96 Å². The first-order valence-electron chi connectivity index (χ1n) is 8.52. The lowest BCUT2D eigenvalue weighted by Crippen LogP contribution is -2.37. The van der Waals surface area contributed by atoms with Gasteiger partial charge in [0.2, 0.25) is 0 Å². The number of ether oxygens (including phenoxy) is 2. The third-order valence-electron chi connectivity index (χ3n) is 3.73. The number of thiophene rings is 1. The van der Waals surface area contributed by atoms with E-state index in [0.29, 0.717) is 19.8 Å². The van der Waals surface area contributed by atoms with Crippen molar-refractivity contribution in [3.8, 4) is 5.75 Å². The van der Waals surface area contributed by atoms with Crippen molar-refractivity contribution in [2.75, 3.05) is 33.9 Å². The summed E-state index contributed by atoms with van der Waals surface area (Å²) in [5.74, 6) is 1.66. The zero-order valence-electron chi connectivity index (χ0n) is 15.5. The fourth-order valence-corrected chi connectivity index (χ4v) is 3.85. The summed E-state index contributed by atoms with van der Waals surface area (Å²) in [7, 11) is 3.45. The van der Waals surface area contributed by atoms with Crippen LogP contribution in [0.1, 0.15) is 16.0 Å². The molecule has 2 rings (SSSR count). The van der Waals surface area contributed by atoms with Crippen molar-refractivity contribution < 1.29 is 9.47 Å². The topological polar surface area (TPSA) is 54.9 Å². The Kier molecular flexibility index (Phi) is 8.94. The molecule has 0 bridgehead atoms. The zero-order valence-corrected chi connectivity index (χ0v) is 17.9. The summed E-state index contributed by atoms with van der Waals surface area (Å²) < 4.78 is 12.1. The lowest BCUT2D eigenvalue weighted by molar-refractivity contribution is 0.145. The molecule has 0 radical (unpaired) electrons. The van der Waals surface area contributed by atoms with Crippen molar-refractivity contribution in [2.24, 2.45) is 4.99 Å². The summed E-state index contributed by atoms with van der Waals surface area (Å²) in [4.78, 5) is 5.63. The summed E-state index contributed by atoms with van der Waals surface area (Å²) >= 11 is 5.25. The van der Waals surface area contributed by atoms with Gasteiger partial charge in [-0.05, 0) is 53.0 Å². The second-order valence-corrected chi connectivity index (χ2v) is 8.31. The van der Waals surface area contributed by atoms with Crippen LogP contribution in [0.5, 0.6) is 5.75 Å². The van der Waals surface area contributed by atoms with E-state index in [9.17, 15) is 0 Å². The Morgan fingerprint density at radius 1 is 1.19 bits per heavy atom. The molecule has 2 aromatic rings. The molecule has 0 unspecified atom stereocenters. The molecular formula is C19H26BrN3O2S. The van der Waals surface area contributed by atoms with Crippen LogP contribution in [-0.4, -0.2) is 39.9 Å². The second kappa shape index (κ2) is 11.2. The summed E-state index contributed by atoms with van der Waals surface area (Å²) in [6.45, 7) is 4.65. The van der Waals surface area contributed by atoms with Gasteiger partial charge in [-0.25, -0.2) is 0 Å². The van der Waals surface area contributed by atoms with Gasteiger partial charge in [-0.1, -0.05) is 12.1 Å². The van der Waals surface area contributed by atoms with Crippen LogP contribution in [0.15, 0.2) is 39.1 Å². The van der Waals surface area contributed by atoms with Crippen LogP contribution in [0.2, 0.25) is 0 Å². The van der Waals surface area contributed by atoms with E-state index < -0.39 is 0 Å². The smallest absolute Gasteiger partial charge is 0.191 e. The van der Waals surface area contributed by atoms with Crippen LogP contribution in [0.25, 0.3) is 0 Å².